The van der Waals surface area contributed by atoms with Crippen LogP contribution in [0.3, 0.4) is 0 Å². The van der Waals surface area contributed by atoms with Gasteiger partial charge in [0.25, 0.3) is 0 Å². The van der Waals surface area contributed by atoms with Gasteiger partial charge in [0.05, 0.1) is 0 Å². The number of nitrogens with zero attached hydrogens (tertiary/aromatic N) is 1. The third-order valence-corrected chi connectivity index (χ3v) is 5.61. The summed E-state index contributed by atoms with van der Waals surface area (Å²) < 4.78 is 0. The molecule has 2 heteroatoms. The quantitative estimate of drug-likeness (QED) is 0.791. The number of rotatable bonds is 6. The highest BCUT2D eigenvalue weighted by Crippen LogP contribution is 2.42. The van der Waals surface area contributed by atoms with Crippen LogP contribution in [0, 0.1) is 17.8 Å². The molecule has 1 aliphatic carbocycles. The molecule has 0 bridgehead atoms. The molecule has 2 unspecified atom stereocenters. The number of hydrogen-bond donors (Lipinski definition) is 1. The minimum absolute atomic E-state index is 0.386. The van der Waals surface area contributed by atoms with Gasteiger partial charge in [-0.15, -0.1) is 0 Å². The van der Waals surface area contributed by atoms with Crippen LogP contribution in [0.25, 0.3) is 0 Å². The standard InChI is InChI=1S/C17H34N2/c1-6-14(7-2)11-19-12-17(5,15-8-9-15)18-10-16(19)13(3)4/h13-16,18H,6-12H2,1-5H3. The van der Waals surface area contributed by atoms with Gasteiger partial charge in [0.2, 0.25) is 0 Å². The first-order valence-corrected chi connectivity index (χ1v) is 8.49. The van der Waals surface area contributed by atoms with Crippen LogP contribution in [-0.4, -0.2) is 36.1 Å². The van der Waals surface area contributed by atoms with Gasteiger partial charge < -0.3 is 5.32 Å². The fraction of sp³-hybridized carbons (Fsp3) is 1.00. The maximum absolute atomic E-state index is 3.89. The van der Waals surface area contributed by atoms with E-state index in [4.69, 9.17) is 0 Å². The van der Waals surface area contributed by atoms with Crippen molar-refractivity contribution in [2.45, 2.75) is 71.9 Å². The van der Waals surface area contributed by atoms with E-state index in [-0.39, 0.29) is 0 Å². The fourth-order valence-electron chi connectivity index (χ4n) is 3.79. The summed E-state index contributed by atoms with van der Waals surface area (Å²) in [5.74, 6) is 2.57. The van der Waals surface area contributed by atoms with E-state index in [1.165, 1.54) is 45.3 Å². The zero-order valence-corrected chi connectivity index (χ0v) is 13.7. The fourth-order valence-corrected chi connectivity index (χ4v) is 3.79. The average molecular weight is 266 g/mol. The molecule has 0 spiro atoms. The lowest BCUT2D eigenvalue weighted by Gasteiger charge is -2.49. The maximum Gasteiger partial charge on any atom is 0.0309 e. The molecule has 1 N–H and O–H groups in total. The Balaban J connectivity index is 2.03. The monoisotopic (exact) mass is 266 g/mol. The molecule has 0 aromatic heterocycles. The third kappa shape index (κ3) is 3.52. The predicted octanol–water partition coefficient (Wildman–Crippen LogP) is 3.52. The van der Waals surface area contributed by atoms with Gasteiger partial charge in [0.15, 0.2) is 0 Å². The second kappa shape index (κ2) is 6.13. The lowest BCUT2D eigenvalue weighted by molar-refractivity contribution is 0.0390. The highest BCUT2D eigenvalue weighted by Gasteiger charge is 2.46. The lowest BCUT2D eigenvalue weighted by atomic mass is 9.87. The zero-order valence-electron chi connectivity index (χ0n) is 13.7. The molecule has 0 radical (unpaired) electrons. The third-order valence-electron chi connectivity index (χ3n) is 5.61. The molecule has 2 rings (SSSR count). The minimum atomic E-state index is 0.386. The summed E-state index contributed by atoms with van der Waals surface area (Å²) in [5, 5.41) is 3.89. The van der Waals surface area contributed by atoms with Crippen molar-refractivity contribution in [1.29, 1.82) is 0 Å². The minimum Gasteiger partial charge on any atom is -0.308 e. The summed E-state index contributed by atoms with van der Waals surface area (Å²) in [7, 11) is 0. The van der Waals surface area contributed by atoms with Gasteiger partial charge in [-0.3, -0.25) is 4.90 Å². The molecule has 1 saturated heterocycles. The van der Waals surface area contributed by atoms with E-state index >= 15 is 0 Å². The van der Waals surface area contributed by atoms with Gasteiger partial charge in [0, 0.05) is 31.2 Å². The summed E-state index contributed by atoms with van der Waals surface area (Å²) >= 11 is 0. The normalized spacial score (nSPS) is 33.3. The van der Waals surface area contributed by atoms with Crippen molar-refractivity contribution >= 4 is 0 Å². The molecule has 112 valence electrons. The first-order valence-electron chi connectivity index (χ1n) is 8.49. The van der Waals surface area contributed by atoms with Crippen molar-refractivity contribution in [3.8, 4) is 0 Å². The van der Waals surface area contributed by atoms with Gasteiger partial charge in [-0.1, -0.05) is 40.5 Å². The van der Waals surface area contributed by atoms with E-state index in [9.17, 15) is 0 Å². The number of hydrogen-bond acceptors (Lipinski definition) is 2. The Morgan fingerprint density at radius 2 is 1.84 bits per heavy atom. The maximum atomic E-state index is 3.89. The van der Waals surface area contributed by atoms with Crippen LogP contribution in [0.2, 0.25) is 0 Å². The van der Waals surface area contributed by atoms with Crippen LogP contribution in [0.1, 0.15) is 60.3 Å². The molecule has 19 heavy (non-hydrogen) atoms. The lowest BCUT2D eigenvalue weighted by Crippen LogP contribution is -2.65. The molecule has 1 aliphatic heterocycles. The van der Waals surface area contributed by atoms with Crippen LogP contribution in [-0.2, 0) is 0 Å². The van der Waals surface area contributed by atoms with E-state index in [0.29, 0.717) is 5.54 Å². The number of piperazine rings is 1. The van der Waals surface area contributed by atoms with E-state index in [0.717, 1.165) is 23.8 Å². The molecule has 2 fully saturated rings. The van der Waals surface area contributed by atoms with Crippen molar-refractivity contribution in [2.75, 3.05) is 19.6 Å². The molecule has 0 amide bonds. The van der Waals surface area contributed by atoms with Crippen LogP contribution >= 0.6 is 0 Å². The van der Waals surface area contributed by atoms with Crippen molar-refractivity contribution < 1.29 is 0 Å². The molecule has 1 saturated carbocycles. The summed E-state index contributed by atoms with van der Waals surface area (Å²) in [4.78, 5) is 2.82. The Bertz CT molecular complexity index is 281. The van der Waals surface area contributed by atoms with Crippen LogP contribution in [0.15, 0.2) is 0 Å². The molecule has 2 nitrogen and oxygen atoms in total. The van der Waals surface area contributed by atoms with Gasteiger partial charge in [0.1, 0.15) is 0 Å². The highest BCUT2D eigenvalue weighted by atomic mass is 15.3. The van der Waals surface area contributed by atoms with Crippen LogP contribution < -0.4 is 5.32 Å². The van der Waals surface area contributed by atoms with E-state index in [1.807, 2.05) is 0 Å². The molecule has 1 heterocycles. The highest BCUT2D eigenvalue weighted by molar-refractivity contribution is 5.04. The van der Waals surface area contributed by atoms with E-state index in [1.54, 1.807) is 0 Å². The smallest absolute Gasteiger partial charge is 0.0309 e. The summed E-state index contributed by atoms with van der Waals surface area (Å²) in [6.45, 7) is 15.7. The number of nitrogens with one attached hydrogen (secondary N) is 1. The SMILES string of the molecule is CCC(CC)CN1CC(C)(C2CC2)NCC1C(C)C. The molecular formula is C17H34N2. The molecule has 2 atom stereocenters. The van der Waals surface area contributed by atoms with E-state index in [2.05, 4.69) is 44.8 Å². The largest absolute Gasteiger partial charge is 0.308 e. The summed E-state index contributed by atoms with van der Waals surface area (Å²) in [6, 6.07) is 0.729. The molecule has 0 aromatic carbocycles. The summed E-state index contributed by atoms with van der Waals surface area (Å²) in [5.41, 5.74) is 0.386. The molecular weight excluding hydrogens is 232 g/mol. The van der Waals surface area contributed by atoms with Gasteiger partial charge in [-0.2, -0.15) is 0 Å². The summed E-state index contributed by atoms with van der Waals surface area (Å²) in [6.07, 6.45) is 5.53. The van der Waals surface area contributed by atoms with Gasteiger partial charge in [-0.05, 0) is 37.5 Å². The predicted molar refractivity (Wildman–Crippen MR) is 83.4 cm³/mol. The van der Waals surface area contributed by atoms with E-state index < -0.39 is 0 Å². The van der Waals surface area contributed by atoms with Crippen LogP contribution in [0.5, 0.6) is 0 Å². The van der Waals surface area contributed by atoms with Gasteiger partial charge >= 0.3 is 0 Å². The van der Waals surface area contributed by atoms with Crippen molar-refractivity contribution in [3.63, 3.8) is 0 Å². The average Bonchev–Trinajstić information content (AvgIpc) is 3.20. The second-order valence-electron chi connectivity index (χ2n) is 7.50. The molecule has 2 aliphatic rings. The topological polar surface area (TPSA) is 15.3 Å². The Morgan fingerprint density at radius 1 is 1.21 bits per heavy atom. The Hall–Kier alpha value is -0.0800. The first-order chi connectivity index (χ1) is 9.00. The van der Waals surface area contributed by atoms with Crippen molar-refractivity contribution in [3.05, 3.63) is 0 Å². The Kier molecular flexibility index (Phi) is 4.94. The Morgan fingerprint density at radius 3 is 2.32 bits per heavy atom. The van der Waals surface area contributed by atoms with Gasteiger partial charge in [-0.25, -0.2) is 0 Å². The van der Waals surface area contributed by atoms with Crippen molar-refractivity contribution in [2.24, 2.45) is 17.8 Å². The van der Waals surface area contributed by atoms with Crippen LogP contribution in [0.4, 0.5) is 0 Å². The molecule has 0 aromatic rings. The zero-order chi connectivity index (χ0) is 14.0. The second-order valence-corrected chi connectivity index (χ2v) is 7.50. The van der Waals surface area contributed by atoms with Crippen molar-refractivity contribution in [1.82, 2.24) is 10.2 Å². The Labute approximate surface area is 120 Å². The first kappa shape index (κ1) is 15.3.